The minimum Gasteiger partial charge on any atom is -0.439 e. The van der Waals surface area contributed by atoms with Gasteiger partial charge < -0.3 is 4.74 Å². The molecule has 0 unspecified atom stereocenters. The highest BCUT2D eigenvalue weighted by molar-refractivity contribution is 7.98. The van der Waals surface area contributed by atoms with Gasteiger partial charge in [0.2, 0.25) is 5.88 Å². The molecule has 0 radical (unpaired) electrons. The maximum Gasteiger partial charge on any atom is 0.223 e. The van der Waals surface area contributed by atoms with Gasteiger partial charge in [-0.1, -0.05) is 6.07 Å². The normalized spacial score (nSPS) is 10.3. The van der Waals surface area contributed by atoms with Crippen LogP contribution in [0.25, 0.3) is 0 Å². The monoisotopic (exact) mass is 291 g/mol. The van der Waals surface area contributed by atoms with Crippen LogP contribution in [0.5, 0.6) is 11.6 Å². The van der Waals surface area contributed by atoms with Crippen molar-refractivity contribution in [3.63, 3.8) is 0 Å². The lowest BCUT2D eigenvalue weighted by Crippen LogP contribution is -2.02. The Kier molecular flexibility index (Phi) is 4.74. The van der Waals surface area contributed by atoms with E-state index in [1.165, 1.54) is 13.0 Å². The first-order chi connectivity index (χ1) is 9.58. The number of carbonyl (C=O) groups excluding carboxylic acids is 1. The average Bonchev–Trinajstić information content (AvgIpc) is 2.41. The van der Waals surface area contributed by atoms with E-state index in [-0.39, 0.29) is 18.1 Å². The predicted molar refractivity (Wildman–Crippen MR) is 76.9 cm³/mol. The number of thioether (sulfide) groups is 1. The molecule has 3 nitrogen and oxygen atoms in total. The summed E-state index contributed by atoms with van der Waals surface area (Å²) in [6, 6.07) is 8.78. The van der Waals surface area contributed by atoms with E-state index in [1.807, 2.05) is 24.5 Å². The Hall–Kier alpha value is -1.88. The number of benzene rings is 1. The fraction of sp³-hybridized carbons (Fsp3) is 0.200. The standard InChI is InChI=1S/C15H14FNO2S/c1-10(18)6-11-7-12(16)9-17-15(11)19-13-4-3-5-14(8-13)20-2/h3-5,7-9H,6H2,1-2H3. The summed E-state index contributed by atoms with van der Waals surface area (Å²) in [5.41, 5.74) is 0.451. The first kappa shape index (κ1) is 14.5. The van der Waals surface area contributed by atoms with Gasteiger partial charge in [-0.3, -0.25) is 4.79 Å². The van der Waals surface area contributed by atoms with Crippen LogP contribution in [0.3, 0.4) is 0 Å². The summed E-state index contributed by atoms with van der Waals surface area (Å²) < 4.78 is 18.9. The van der Waals surface area contributed by atoms with Crippen molar-refractivity contribution in [2.24, 2.45) is 0 Å². The molecular weight excluding hydrogens is 277 g/mol. The molecule has 104 valence electrons. The summed E-state index contributed by atoms with van der Waals surface area (Å²) in [4.78, 5) is 16.2. The molecule has 5 heteroatoms. The van der Waals surface area contributed by atoms with Crippen LogP contribution in [0, 0.1) is 5.82 Å². The predicted octanol–water partition coefficient (Wildman–Crippen LogP) is 3.87. The van der Waals surface area contributed by atoms with Gasteiger partial charge in [-0.2, -0.15) is 0 Å². The molecule has 1 aromatic heterocycles. The molecule has 0 aliphatic carbocycles. The van der Waals surface area contributed by atoms with E-state index >= 15 is 0 Å². The second kappa shape index (κ2) is 6.52. The van der Waals surface area contributed by atoms with Gasteiger partial charge in [0.25, 0.3) is 0 Å². The highest BCUT2D eigenvalue weighted by atomic mass is 32.2. The van der Waals surface area contributed by atoms with Crippen LogP contribution in [-0.4, -0.2) is 17.0 Å². The van der Waals surface area contributed by atoms with Gasteiger partial charge in [0.05, 0.1) is 6.20 Å². The van der Waals surface area contributed by atoms with Crippen molar-refractivity contribution in [3.05, 3.63) is 47.9 Å². The molecule has 0 amide bonds. The van der Waals surface area contributed by atoms with E-state index in [9.17, 15) is 9.18 Å². The smallest absolute Gasteiger partial charge is 0.223 e. The van der Waals surface area contributed by atoms with Gasteiger partial charge in [-0.05, 0) is 37.4 Å². The second-order valence-electron chi connectivity index (χ2n) is 4.28. The third-order valence-corrected chi connectivity index (χ3v) is 3.31. The summed E-state index contributed by atoms with van der Waals surface area (Å²) in [7, 11) is 0. The highest BCUT2D eigenvalue weighted by Crippen LogP contribution is 2.27. The topological polar surface area (TPSA) is 39.2 Å². The summed E-state index contributed by atoms with van der Waals surface area (Å²) in [6.07, 6.45) is 3.15. The number of ketones is 1. The SMILES string of the molecule is CSc1cccc(Oc2ncc(F)cc2CC(C)=O)c1. The van der Waals surface area contributed by atoms with Crippen LogP contribution in [0.2, 0.25) is 0 Å². The first-order valence-corrected chi connectivity index (χ1v) is 7.26. The number of carbonyl (C=O) groups is 1. The number of hydrogen-bond donors (Lipinski definition) is 0. The molecule has 1 heterocycles. The third kappa shape index (κ3) is 3.81. The van der Waals surface area contributed by atoms with Gasteiger partial charge in [-0.25, -0.2) is 9.37 Å². The van der Waals surface area contributed by atoms with Gasteiger partial charge in [0.15, 0.2) is 0 Å². The molecule has 20 heavy (non-hydrogen) atoms. The quantitative estimate of drug-likeness (QED) is 0.784. The first-order valence-electron chi connectivity index (χ1n) is 6.04. The lowest BCUT2D eigenvalue weighted by Gasteiger charge is -2.10. The molecule has 0 N–H and O–H groups in total. The maximum absolute atomic E-state index is 13.2. The van der Waals surface area contributed by atoms with Crippen LogP contribution in [0.4, 0.5) is 4.39 Å². The van der Waals surface area contributed by atoms with Gasteiger partial charge >= 0.3 is 0 Å². The van der Waals surface area contributed by atoms with E-state index in [4.69, 9.17) is 4.74 Å². The zero-order valence-electron chi connectivity index (χ0n) is 11.2. The molecule has 0 spiro atoms. The highest BCUT2D eigenvalue weighted by Gasteiger charge is 2.11. The molecular formula is C15H14FNO2S. The Morgan fingerprint density at radius 1 is 1.40 bits per heavy atom. The van der Waals surface area contributed by atoms with Crippen molar-refractivity contribution in [1.82, 2.24) is 4.98 Å². The number of pyridine rings is 1. The maximum atomic E-state index is 13.2. The fourth-order valence-electron chi connectivity index (χ4n) is 1.73. The van der Waals surface area contributed by atoms with Crippen molar-refractivity contribution in [2.45, 2.75) is 18.2 Å². The molecule has 0 aliphatic heterocycles. The number of Topliss-reactive ketones (excluding diaryl/α,β-unsaturated/α-hetero) is 1. The van der Waals surface area contributed by atoms with E-state index in [0.29, 0.717) is 11.3 Å². The van der Waals surface area contributed by atoms with E-state index in [0.717, 1.165) is 11.1 Å². The summed E-state index contributed by atoms with van der Waals surface area (Å²) in [6.45, 7) is 1.45. The Morgan fingerprint density at radius 2 is 2.20 bits per heavy atom. The van der Waals surface area contributed by atoms with Crippen LogP contribution in [0.15, 0.2) is 41.4 Å². The minimum absolute atomic E-state index is 0.0693. The number of aromatic nitrogens is 1. The second-order valence-corrected chi connectivity index (χ2v) is 5.16. The summed E-state index contributed by atoms with van der Waals surface area (Å²) in [5.74, 6) is 0.326. The molecule has 0 aliphatic rings. The molecule has 0 fully saturated rings. The van der Waals surface area contributed by atoms with Crippen molar-refractivity contribution in [1.29, 1.82) is 0 Å². The number of nitrogens with zero attached hydrogens (tertiary/aromatic N) is 1. The average molecular weight is 291 g/mol. The Labute approximate surface area is 121 Å². The third-order valence-electron chi connectivity index (χ3n) is 2.59. The van der Waals surface area contributed by atoms with Crippen molar-refractivity contribution < 1.29 is 13.9 Å². The Morgan fingerprint density at radius 3 is 2.90 bits per heavy atom. The van der Waals surface area contributed by atoms with Crippen molar-refractivity contribution in [3.8, 4) is 11.6 Å². The van der Waals surface area contributed by atoms with Crippen LogP contribution in [0.1, 0.15) is 12.5 Å². The van der Waals surface area contributed by atoms with Crippen LogP contribution >= 0.6 is 11.8 Å². The molecule has 0 atom stereocenters. The van der Waals surface area contributed by atoms with E-state index in [1.54, 1.807) is 17.8 Å². The van der Waals surface area contributed by atoms with Crippen LogP contribution < -0.4 is 4.74 Å². The number of ether oxygens (including phenoxy) is 1. The number of hydrogen-bond acceptors (Lipinski definition) is 4. The molecule has 0 saturated heterocycles. The molecule has 0 bridgehead atoms. The zero-order chi connectivity index (χ0) is 14.5. The lowest BCUT2D eigenvalue weighted by atomic mass is 10.1. The lowest BCUT2D eigenvalue weighted by molar-refractivity contribution is -0.116. The summed E-state index contributed by atoms with van der Waals surface area (Å²) >= 11 is 1.60. The largest absolute Gasteiger partial charge is 0.439 e. The van der Waals surface area contributed by atoms with Gasteiger partial charge in [0.1, 0.15) is 17.3 Å². The molecule has 2 rings (SSSR count). The van der Waals surface area contributed by atoms with E-state index < -0.39 is 5.82 Å². The Balaban J connectivity index is 2.29. The molecule has 2 aromatic rings. The number of rotatable bonds is 5. The van der Waals surface area contributed by atoms with Gasteiger partial charge in [-0.15, -0.1) is 11.8 Å². The van der Waals surface area contributed by atoms with Crippen LogP contribution in [-0.2, 0) is 11.2 Å². The van der Waals surface area contributed by atoms with E-state index in [2.05, 4.69) is 4.98 Å². The Bertz CT molecular complexity index is 631. The number of halogens is 1. The van der Waals surface area contributed by atoms with Crippen molar-refractivity contribution in [2.75, 3.05) is 6.26 Å². The zero-order valence-corrected chi connectivity index (χ0v) is 12.0. The van der Waals surface area contributed by atoms with Gasteiger partial charge in [0, 0.05) is 16.9 Å². The minimum atomic E-state index is -0.480. The summed E-state index contributed by atoms with van der Waals surface area (Å²) in [5, 5.41) is 0. The van der Waals surface area contributed by atoms with Crippen molar-refractivity contribution >= 4 is 17.5 Å². The molecule has 1 aromatic carbocycles. The molecule has 0 saturated carbocycles. The fourth-order valence-corrected chi connectivity index (χ4v) is 2.18.